The van der Waals surface area contributed by atoms with Crippen LogP contribution in [0.25, 0.3) is 0 Å². The van der Waals surface area contributed by atoms with Crippen molar-refractivity contribution < 1.29 is 0 Å². The Morgan fingerprint density at radius 3 is 2.30 bits per heavy atom. The van der Waals surface area contributed by atoms with Crippen molar-refractivity contribution in [2.75, 3.05) is 19.0 Å². The van der Waals surface area contributed by atoms with Crippen LogP contribution in [0.5, 0.6) is 0 Å². The molecule has 1 aromatic heterocycles. The van der Waals surface area contributed by atoms with E-state index in [1.54, 1.807) is 0 Å². The van der Waals surface area contributed by atoms with E-state index in [1.807, 2.05) is 11.3 Å². The number of nitrogens with zero attached hydrogens (tertiary/aromatic N) is 1. The van der Waals surface area contributed by atoms with Crippen molar-refractivity contribution in [1.82, 2.24) is 5.32 Å². The molecule has 0 radical (unpaired) electrons. The second kappa shape index (κ2) is 6.91. The normalized spacial score (nSPS) is 12.7. The lowest BCUT2D eigenvalue weighted by molar-refractivity contribution is 0.416. The predicted molar refractivity (Wildman–Crippen MR) is 89.5 cm³/mol. The summed E-state index contributed by atoms with van der Waals surface area (Å²) in [6, 6.07) is 13.5. The number of rotatable bonds is 6. The second-order valence-corrected chi connectivity index (χ2v) is 6.66. The summed E-state index contributed by atoms with van der Waals surface area (Å²) in [4.78, 5) is 3.55. The summed E-state index contributed by atoms with van der Waals surface area (Å²) in [5, 5.41) is 5.83. The van der Waals surface area contributed by atoms with Gasteiger partial charge in [0.2, 0.25) is 0 Å². The number of hydrogen-bond donors (Lipinski definition) is 1. The van der Waals surface area contributed by atoms with Gasteiger partial charge in [-0.2, -0.15) is 0 Å². The van der Waals surface area contributed by atoms with Gasteiger partial charge < -0.3 is 10.2 Å². The fraction of sp³-hybridized carbons (Fsp3) is 0.412. The third-order valence-corrected chi connectivity index (χ3v) is 4.45. The molecule has 0 saturated heterocycles. The summed E-state index contributed by atoms with van der Waals surface area (Å²) in [5.74, 6) is 0.592. The molecule has 2 aromatic rings. The van der Waals surface area contributed by atoms with Crippen molar-refractivity contribution in [3.63, 3.8) is 0 Å². The van der Waals surface area contributed by atoms with E-state index in [9.17, 15) is 0 Å². The maximum absolute atomic E-state index is 3.68. The Kier molecular flexibility index (Phi) is 5.21. The monoisotopic (exact) mass is 288 g/mol. The van der Waals surface area contributed by atoms with Crippen LogP contribution in [0, 0.1) is 5.92 Å². The molecule has 2 rings (SSSR count). The SMILES string of the molecule is CC(C)C(NCc1ccc(N(C)C)cc1)c1cccs1. The fourth-order valence-electron chi connectivity index (χ4n) is 2.27. The standard InChI is InChI=1S/C17H24N2S/c1-13(2)17(16-6-5-11-20-16)18-12-14-7-9-15(10-8-14)19(3)4/h5-11,13,17-18H,12H2,1-4H3. The average Bonchev–Trinajstić information content (AvgIpc) is 2.93. The Bertz CT molecular complexity index is 500. The highest BCUT2D eigenvalue weighted by molar-refractivity contribution is 7.10. The molecule has 0 fully saturated rings. The lowest BCUT2D eigenvalue weighted by atomic mass is 10.0. The van der Waals surface area contributed by atoms with Gasteiger partial charge >= 0.3 is 0 Å². The van der Waals surface area contributed by atoms with Gasteiger partial charge in [-0.3, -0.25) is 0 Å². The maximum atomic E-state index is 3.68. The summed E-state index contributed by atoms with van der Waals surface area (Å²) in [6.07, 6.45) is 0. The first kappa shape index (κ1) is 15.1. The summed E-state index contributed by atoms with van der Waals surface area (Å²) in [7, 11) is 4.14. The predicted octanol–water partition coefficient (Wildman–Crippen LogP) is 4.30. The molecule has 2 nitrogen and oxygen atoms in total. The Morgan fingerprint density at radius 1 is 1.10 bits per heavy atom. The lowest BCUT2D eigenvalue weighted by Crippen LogP contribution is -2.24. The molecule has 3 heteroatoms. The lowest BCUT2D eigenvalue weighted by Gasteiger charge is -2.21. The van der Waals surface area contributed by atoms with E-state index in [1.165, 1.54) is 16.1 Å². The van der Waals surface area contributed by atoms with Gasteiger partial charge in [-0.1, -0.05) is 32.0 Å². The maximum Gasteiger partial charge on any atom is 0.0440 e. The van der Waals surface area contributed by atoms with Crippen molar-refractivity contribution in [3.8, 4) is 0 Å². The van der Waals surface area contributed by atoms with Crippen LogP contribution in [-0.4, -0.2) is 14.1 Å². The summed E-state index contributed by atoms with van der Waals surface area (Å²) in [5.41, 5.74) is 2.57. The van der Waals surface area contributed by atoms with Gasteiger partial charge in [0.25, 0.3) is 0 Å². The van der Waals surface area contributed by atoms with Crippen LogP contribution in [0.3, 0.4) is 0 Å². The third-order valence-electron chi connectivity index (χ3n) is 3.50. The summed E-state index contributed by atoms with van der Waals surface area (Å²) >= 11 is 1.83. The van der Waals surface area contributed by atoms with Crippen LogP contribution in [0.1, 0.15) is 30.3 Å². The third kappa shape index (κ3) is 3.84. The van der Waals surface area contributed by atoms with Crippen LogP contribution >= 0.6 is 11.3 Å². The smallest absolute Gasteiger partial charge is 0.0440 e. The van der Waals surface area contributed by atoms with Crippen LogP contribution in [-0.2, 0) is 6.54 Å². The van der Waals surface area contributed by atoms with Gasteiger partial charge in [-0.05, 0) is 35.1 Å². The van der Waals surface area contributed by atoms with Crippen molar-refractivity contribution in [3.05, 3.63) is 52.2 Å². The summed E-state index contributed by atoms with van der Waals surface area (Å²) in [6.45, 7) is 5.45. The van der Waals surface area contributed by atoms with Gasteiger partial charge in [0.05, 0.1) is 0 Å². The zero-order valence-corrected chi connectivity index (χ0v) is 13.6. The number of benzene rings is 1. The molecule has 0 aliphatic heterocycles. The molecule has 1 N–H and O–H groups in total. The van der Waals surface area contributed by atoms with Crippen molar-refractivity contribution in [1.29, 1.82) is 0 Å². The number of hydrogen-bond acceptors (Lipinski definition) is 3. The first-order valence-corrected chi connectivity index (χ1v) is 7.99. The average molecular weight is 288 g/mol. The van der Waals surface area contributed by atoms with Gasteiger partial charge in [0.15, 0.2) is 0 Å². The molecular weight excluding hydrogens is 264 g/mol. The Labute approximate surface area is 126 Å². The van der Waals surface area contributed by atoms with E-state index in [2.05, 4.69) is 79.9 Å². The molecule has 1 heterocycles. The zero-order chi connectivity index (χ0) is 14.5. The summed E-state index contributed by atoms with van der Waals surface area (Å²) < 4.78 is 0. The first-order valence-electron chi connectivity index (χ1n) is 7.11. The highest BCUT2D eigenvalue weighted by Gasteiger charge is 2.15. The topological polar surface area (TPSA) is 15.3 Å². The molecule has 0 spiro atoms. The Hall–Kier alpha value is -1.32. The van der Waals surface area contributed by atoms with Crippen LogP contribution in [0.4, 0.5) is 5.69 Å². The van der Waals surface area contributed by atoms with E-state index in [4.69, 9.17) is 0 Å². The molecule has 0 amide bonds. The highest BCUT2D eigenvalue weighted by Crippen LogP contribution is 2.26. The number of thiophene rings is 1. The minimum absolute atomic E-state index is 0.434. The van der Waals surface area contributed by atoms with E-state index in [-0.39, 0.29) is 0 Å². The molecule has 1 atom stereocenters. The number of anilines is 1. The molecule has 1 aromatic carbocycles. The van der Waals surface area contributed by atoms with Crippen LogP contribution < -0.4 is 10.2 Å². The zero-order valence-electron chi connectivity index (χ0n) is 12.8. The van der Waals surface area contributed by atoms with Gasteiger partial charge in [-0.15, -0.1) is 11.3 Å². The molecule has 1 unspecified atom stereocenters. The minimum atomic E-state index is 0.434. The van der Waals surface area contributed by atoms with Gasteiger partial charge in [0.1, 0.15) is 0 Å². The van der Waals surface area contributed by atoms with Gasteiger partial charge in [-0.25, -0.2) is 0 Å². The molecule has 108 valence electrons. The largest absolute Gasteiger partial charge is 0.378 e. The minimum Gasteiger partial charge on any atom is -0.378 e. The van der Waals surface area contributed by atoms with Crippen molar-refractivity contribution in [2.45, 2.75) is 26.4 Å². The molecular formula is C17H24N2S. The van der Waals surface area contributed by atoms with Crippen molar-refractivity contribution in [2.24, 2.45) is 5.92 Å². The molecule has 0 saturated carbocycles. The first-order chi connectivity index (χ1) is 9.58. The van der Waals surface area contributed by atoms with Gasteiger partial charge in [0, 0.05) is 37.2 Å². The molecule has 20 heavy (non-hydrogen) atoms. The quantitative estimate of drug-likeness (QED) is 0.852. The van der Waals surface area contributed by atoms with E-state index in [0.29, 0.717) is 12.0 Å². The van der Waals surface area contributed by atoms with E-state index >= 15 is 0 Å². The molecule has 0 aliphatic rings. The highest BCUT2D eigenvalue weighted by atomic mass is 32.1. The molecule has 0 bridgehead atoms. The van der Waals surface area contributed by atoms with Crippen molar-refractivity contribution >= 4 is 17.0 Å². The van der Waals surface area contributed by atoms with E-state index in [0.717, 1.165) is 6.54 Å². The fourth-order valence-corrected chi connectivity index (χ4v) is 3.25. The Morgan fingerprint density at radius 2 is 1.80 bits per heavy atom. The second-order valence-electron chi connectivity index (χ2n) is 5.68. The molecule has 0 aliphatic carbocycles. The number of nitrogens with one attached hydrogen (secondary N) is 1. The van der Waals surface area contributed by atoms with Crippen LogP contribution in [0.15, 0.2) is 41.8 Å². The van der Waals surface area contributed by atoms with E-state index < -0.39 is 0 Å². The Balaban J connectivity index is 1.99. The van der Waals surface area contributed by atoms with Crippen LogP contribution in [0.2, 0.25) is 0 Å².